The molecule has 118 valence electrons. The summed E-state index contributed by atoms with van der Waals surface area (Å²) < 4.78 is 16.6. The summed E-state index contributed by atoms with van der Waals surface area (Å²) in [5.41, 5.74) is -0.0692. The molecule has 5 nitrogen and oxygen atoms in total. The second-order valence-electron chi connectivity index (χ2n) is 5.73. The molecule has 1 aliphatic rings. The number of rotatable bonds is 2. The Morgan fingerprint density at radius 2 is 1.96 bits per heavy atom. The molecular weight excluding hydrogens is 296 g/mol. The highest BCUT2D eigenvalue weighted by Gasteiger charge is 2.16. The third-order valence-corrected chi connectivity index (χ3v) is 4.09. The highest BCUT2D eigenvalue weighted by Crippen LogP contribution is 2.28. The predicted octanol–water partition coefficient (Wildman–Crippen LogP) is 3.21. The summed E-state index contributed by atoms with van der Waals surface area (Å²) in [7, 11) is 0. The van der Waals surface area contributed by atoms with E-state index < -0.39 is 5.63 Å². The third kappa shape index (κ3) is 2.64. The largest absolute Gasteiger partial charge is 0.508 e. The minimum Gasteiger partial charge on any atom is -0.508 e. The van der Waals surface area contributed by atoms with Crippen molar-refractivity contribution in [1.29, 1.82) is 0 Å². The number of phenols is 1. The molecule has 0 amide bonds. The molecule has 1 saturated heterocycles. The molecule has 3 aromatic rings. The molecule has 0 spiro atoms. The molecule has 2 heterocycles. The first-order chi connectivity index (χ1) is 11.2. The fourth-order valence-corrected chi connectivity index (χ4v) is 2.97. The van der Waals surface area contributed by atoms with Crippen LogP contribution in [0.5, 0.6) is 11.5 Å². The quantitative estimate of drug-likeness (QED) is 0.581. The predicted molar refractivity (Wildman–Crippen MR) is 86.1 cm³/mol. The maximum Gasteiger partial charge on any atom is 0.344 e. The van der Waals surface area contributed by atoms with Crippen molar-refractivity contribution < 1.29 is 19.0 Å². The van der Waals surface area contributed by atoms with E-state index in [9.17, 15) is 9.90 Å². The molecule has 0 bridgehead atoms. The van der Waals surface area contributed by atoms with Crippen LogP contribution >= 0.6 is 0 Å². The van der Waals surface area contributed by atoms with E-state index in [-0.39, 0.29) is 11.9 Å². The lowest BCUT2D eigenvalue weighted by molar-refractivity contribution is 0.00748. The monoisotopic (exact) mass is 312 g/mol. The van der Waals surface area contributed by atoms with Gasteiger partial charge in [0.25, 0.3) is 0 Å². The van der Waals surface area contributed by atoms with Gasteiger partial charge in [0.15, 0.2) is 0 Å². The SMILES string of the molecule is O=c1oc2cc(O)ccc2c2ccc(OC3CCCOC3)cc12. The van der Waals surface area contributed by atoms with Gasteiger partial charge in [0.05, 0.1) is 12.0 Å². The first-order valence-corrected chi connectivity index (χ1v) is 7.65. The van der Waals surface area contributed by atoms with Crippen LogP contribution in [0.15, 0.2) is 45.6 Å². The van der Waals surface area contributed by atoms with E-state index in [0.29, 0.717) is 23.3 Å². The molecule has 1 aromatic heterocycles. The fraction of sp³-hybridized carbons (Fsp3) is 0.278. The first kappa shape index (κ1) is 14.1. The molecule has 5 heteroatoms. The van der Waals surface area contributed by atoms with Crippen molar-refractivity contribution in [2.75, 3.05) is 13.2 Å². The van der Waals surface area contributed by atoms with E-state index in [0.717, 1.165) is 30.2 Å². The van der Waals surface area contributed by atoms with E-state index in [1.807, 2.05) is 12.1 Å². The topological polar surface area (TPSA) is 68.9 Å². The van der Waals surface area contributed by atoms with Gasteiger partial charge in [-0.15, -0.1) is 0 Å². The van der Waals surface area contributed by atoms with Gasteiger partial charge in [-0.1, -0.05) is 0 Å². The summed E-state index contributed by atoms with van der Waals surface area (Å²) in [5, 5.41) is 11.6. The Labute approximate surface area is 132 Å². The van der Waals surface area contributed by atoms with Crippen LogP contribution in [0.2, 0.25) is 0 Å². The maximum absolute atomic E-state index is 12.2. The number of aromatic hydroxyl groups is 1. The number of hydrogen-bond acceptors (Lipinski definition) is 5. The lowest BCUT2D eigenvalue weighted by atomic mass is 10.1. The molecule has 0 radical (unpaired) electrons. The van der Waals surface area contributed by atoms with Crippen LogP contribution in [-0.4, -0.2) is 24.4 Å². The van der Waals surface area contributed by atoms with Gasteiger partial charge in [0.1, 0.15) is 23.2 Å². The van der Waals surface area contributed by atoms with Crippen LogP contribution in [-0.2, 0) is 4.74 Å². The zero-order chi connectivity index (χ0) is 15.8. The van der Waals surface area contributed by atoms with Crippen molar-refractivity contribution in [3.05, 3.63) is 46.8 Å². The second-order valence-corrected chi connectivity index (χ2v) is 5.73. The number of benzene rings is 2. The normalized spacial score (nSPS) is 18.3. The number of hydrogen-bond donors (Lipinski definition) is 1. The summed E-state index contributed by atoms with van der Waals surface area (Å²) >= 11 is 0. The van der Waals surface area contributed by atoms with Gasteiger partial charge in [-0.25, -0.2) is 4.79 Å². The molecule has 23 heavy (non-hydrogen) atoms. The molecule has 0 saturated carbocycles. The highest BCUT2D eigenvalue weighted by atomic mass is 16.5. The van der Waals surface area contributed by atoms with Gasteiger partial charge in [0, 0.05) is 23.4 Å². The lowest BCUT2D eigenvalue weighted by Gasteiger charge is -2.23. The highest BCUT2D eigenvalue weighted by molar-refractivity contribution is 6.04. The lowest BCUT2D eigenvalue weighted by Crippen LogP contribution is -2.28. The zero-order valence-electron chi connectivity index (χ0n) is 12.5. The van der Waals surface area contributed by atoms with E-state index in [1.54, 1.807) is 18.2 Å². The summed E-state index contributed by atoms with van der Waals surface area (Å²) in [6, 6.07) is 10.2. The summed E-state index contributed by atoms with van der Waals surface area (Å²) in [5.74, 6) is 0.704. The Kier molecular flexibility index (Phi) is 3.42. The van der Waals surface area contributed by atoms with Gasteiger partial charge >= 0.3 is 5.63 Å². The van der Waals surface area contributed by atoms with E-state index in [4.69, 9.17) is 13.9 Å². The van der Waals surface area contributed by atoms with Crippen LogP contribution in [0, 0.1) is 0 Å². The Morgan fingerprint density at radius 1 is 1.09 bits per heavy atom. The van der Waals surface area contributed by atoms with Crippen molar-refractivity contribution in [1.82, 2.24) is 0 Å². The minimum atomic E-state index is -0.441. The van der Waals surface area contributed by atoms with Crippen molar-refractivity contribution >= 4 is 21.7 Å². The average molecular weight is 312 g/mol. The van der Waals surface area contributed by atoms with Crippen molar-refractivity contribution in [2.45, 2.75) is 18.9 Å². The molecule has 1 aliphatic heterocycles. The molecule has 1 unspecified atom stereocenters. The van der Waals surface area contributed by atoms with Crippen LogP contribution in [0.4, 0.5) is 0 Å². The fourth-order valence-electron chi connectivity index (χ4n) is 2.97. The summed E-state index contributed by atoms with van der Waals surface area (Å²) in [6.07, 6.45) is 1.95. The van der Waals surface area contributed by atoms with Gasteiger partial charge in [0.2, 0.25) is 0 Å². The Bertz CT molecular complexity index is 922. The van der Waals surface area contributed by atoms with Crippen molar-refractivity contribution in [2.24, 2.45) is 0 Å². The average Bonchev–Trinajstić information content (AvgIpc) is 2.56. The molecule has 1 N–H and O–H groups in total. The second kappa shape index (κ2) is 5.59. The van der Waals surface area contributed by atoms with E-state index in [2.05, 4.69) is 0 Å². The van der Waals surface area contributed by atoms with Crippen LogP contribution in [0.3, 0.4) is 0 Å². The molecule has 1 fully saturated rings. The van der Waals surface area contributed by atoms with Gasteiger partial charge in [-0.3, -0.25) is 0 Å². The van der Waals surface area contributed by atoms with E-state index >= 15 is 0 Å². The van der Waals surface area contributed by atoms with Gasteiger partial charge < -0.3 is 19.0 Å². The van der Waals surface area contributed by atoms with Gasteiger partial charge in [-0.05, 0) is 43.2 Å². The molecule has 4 rings (SSSR count). The first-order valence-electron chi connectivity index (χ1n) is 7.65. The Morgan fingerprint density at radius 3 is 2.78 bits per heavy atom. The Hall–Kier alpha value is -2.53. The zero-order valence-corrected chi connectivity index (χ0v) is 12.5. The summed E-state index contributed by atoms with van der Waals surface area (Å²) in [6.45, 7) is 1.35. The standard InChI is InChI=1S/C18H16O5/c19-11-3-5-15-14-6-4-12(22-13-2-1-7-21-10-13)9-16(14)18(20)23-17(15)8-11/h3-6,8-9,13,19H,1-2,7,10H2. The van der Waals surface area contributed by atoms with Gasteiger partial charge in [-0.2, -0.15) is 0 Å². The molecule has 0 aliphatic carbocycles. The number of ether oxygens (including phenoxy) is 2. The maximum atomic E-state index is 12.2. The van der Waals surface area contributed by atoms with Crippen molar-refractivity contribution in [3.8, 4) is 11.5 Å². The van der Waals surface area contributed by atoms with Crippen LogP contribution in [0.25, 0.3) is 21.7 Å². The number of phenolic OH excluding ortho intramolecular Hbond substituents is 1. The smallest absolute Gasteiger partial charge is 0.344 e. The number of fused-ring (bicyclic) bond motifs is 3. The minimum absolute atomic E-state index is 0.0191. The van der Waals surface area contributed by atoms with Crippen LogP contribution in [0.1, 0.15) is 12.8 Å². The molecule has 2 aromatic carbocycles. The molecule has 1 atom stereocenters. The van der Waals surface area contributed by atoms with E-state index in [1.165, 1.54) is 6.07 Å². The summed E-state index contributed by atoms with van der Waals surface area (Å²) in [4.78, 5) is 12.2. The Balaban J connectivity index is 1.79. The van der Waals surface area contributed by atoms with Crippen LogP contribution < -0.4 is 10.4 Å². The third-order valence-electron chi connectivity index (χ3n) is 4.09. The molecular formula is C18H16O5. The van der Waals surface area contributed by atoms with Crippen molar-refractivity contribution in [3.63, 3.8) is 0 Å².